The van der Waals surface area contributed by atoms with Crippen molar-refractivity contribution >= 4 is 39.9 Å². The van der Waals surface area contributed by atoms with Crippen LogP contribution in [0.1, 0.15) is 10.4 Å². The number of aromatic nitrogens is 3. The molecule has 0 aliphatic carbocycles. The first-order valence-corrected chi connectivity index (χ1v) is 11.9. The molecule has 0 unspecified atom stereocenters. The zero-order valence-corrected chi connectivity index (χ0v) is 20.9. The summed E-state index contributed by atoms with van der Waals surface area (Å²) in [7, 11) is 1.43. The lowest BCUT2D eigenvalue weighted by molar-refractivity contribution is 0.102. The number of nitrogens with one attached hydrogen (secondary N) is 3. The zero-order valence-electron chi connectivity index (χ0n) is 20.1. The second kappa shape index (κ2) is 11.8. The number of urea groups is 1. The molecule has 204 valence electrons. The summed E-state index contributed by atoms with van der Waals surface area (Å²) in [6.07, 6.45) is 0. The Morgan fingerprint density at radius 3 is 2.62 bits per heavy atom. The van der Waals surface area contributed by atoms with E-state index in [0.717, 1.165) is 17.4 Å². The number of aliphatic hydroxyl groups is 2. The second-order valence-corrected chi connectivity index (χ2v) is 8.81. The first kappa shape index (κ1) is 27.4. The summed E-state index contributed by atoms with van der Waals surface area (Å²) in [6.45, 7) is -0.960. The van der Waals surface area contributed by atoms with Gasteiger partial charge < -0.3 is 35.8 Å². The van der Waals surface area contributed by atoms with Gasteiger partial charge in [0, 0.05) is 11.6 Å². The Kier molecular flexibility index (Phi) is 8.28. The van der Waals surface area contributed by atoms with E-state index in [-0.39, 0.29) is 44.4 Å². The van der Waals surface area contributed by atoms with E-state index in [4.69, 9.17) is 25.2 Å². The maximum Gasteiger partial charge on any atom is 0.321 e. The Labute approximate surface area is 222 Å². The minimum absolute atomic E-state index is 0.0323. The topological polar surface area (TPSA) is 198 Å². The van der Waals surface area contributed by atoms with Crippen molar-refractivity contribution in [2.75, 3.05) is 36.7 Å². The fourth-order valence-electron chi connectivity index (χ4n) is 3.21. The number of carbonyl (C=O) groups excluding carboxylic acids is 2. The number of nitrogens with two attached hydrogens (primary N) is 1. The monoisotopic (exact) mass is 561 g/mol. The Bertz CT molecular complexity index is 1510. The molecule has 0 radical (unpaired) electrons. The standard InChI is InChI=1S/C23H21F2N7O6S/c1-37-12-4-2-3-10(5-12)20(35)28-16-6-13(14(24)7-15(16)25)19-30-21(38-32-19)17-18(26)29-23(39-17)31-22(36)27-11(8-33)9-34/h2-7,11,33-34H,8-9,26H2,1H3,(H,28,35)(H2,27,29,31,36). The number of methoxy groups -OCH3 is 1. The third-order valence-electron chi connectivity index (χ3n) is 5.15. The van der Waals surface area contributed by atoms with Gasteiger partial charge in [-0.3, -0.25) is 10.1 Å². The summed E-state index contributed by atoms with van der Waals surface area (Å²) in [5.74, 6) is -2.81. The largest absolute Gasteiger partial charge is 0.497 e. The van der Waals surface area contributed by atoms with E-state index < -0.39 is 42.8 Å². The van der Waals surface area contributed by atoms with Crippen LogP contribution in [0.25, 0.3) is 22.2 Å². The molecule has 0 atom stereocenters. The molecule has 2 aromatic heterocycles. The second-order valence-electron chi connectivity index (χ2n) is 7.82. The number of aliphatic hydroxyl groups excluding tert-OH is 2. The Hall–Kier alpha value is -4.67. The molecule has 0 fully saturated rings. The summed E-state index contributed by atoms with van der Waals surface area (Å²) in [4.78, 5) is 32.8. The summed E-state index contributed by atoms with van der Waals surface area (Å²) >= 11 is 0.860. The lowest BCUT2D eigenvalue weighted by Gasteiger charge is -2.12. The molecule has 0 saturated heterocycles. The molecule has 2 aromatic carbocycles. The number of hydrogen-bond donors (Lipinski definition) is 6. The van der Waals surface area contributed by atoms with Crippen molar-refractivity contribution in [1.29, 1.82) is 0 Å². The Morgan fingerprint density at radius 1 is 1.13 bits per heavy atom. The normalized spacial score (nSPS) is 10.9. The number of nitrogens with zero attached hydrogens (tertiary/aromatic N) is 3. The number of halogens is 2. The lowest BCUT2D eigenvalue weighted by atomic mass is 10.1. The molecule has 0 spiro atoms. The molecule has 3 amide bonds. The van der Waals surface area contributed by atoms with Crippen molar-refractivity contribution in [2.45, 2.75) is 6.04 Å². The SMILES string of the molecule is COc1cccc(C(=O)Nc2cc(-c3noc(-c4sc(NC(=O)NC(CO)CO)nc4N)n3)c(F)cc2F)c1. The van der Waals surface area contributed by atoms with Crippen molar-refractivity contribution in [1.82, 2.24) is 20.4 Å². The van der Waals surface area contributed by atoms with Crippen LogP contribution in [-0.4, -0.2) is 63.6 Å². The highest BCUT2D eigenvalue weighted by molar-refractivity contribution is 7.19. The maximum absolute atomic E-state index is 14.7. The Morgan fingerprint density at radius 2 is 1.90 bits per heavy atom. The van der Waals surface area contributed by atoms with Crippen molar-refractivity contribution in [3.63, 3.8) is 0 Å². The number of anilines is 3. The highest BCUT2D eigenvalue weighted by Crippen LogP contribution is 2.35. The molecular formula is C23H21F2N7O6S. The van der Waals surface area contributed by atoms with Crippen LogP contribution in [0.5, 0.6) is 5.75 Å². The highest BCUT2D eigenvalue weighted by Gasteiger charge is 2.22. The van der Waals surface area contributed by atoms with E-state index in [1.807, 2.05) is 0 Å². The van der Waals surface area contributed by atoms with E-state index >= 15 is 0 Å². The summed E-state index contributed by atoms with van der Waals surface area (Å²) in [5, 5.41) is 29.0. The van der Waals surface area contributed by atoms with E-state index in [9.17, 15) is 18.4 Å². The van der Waals surface area contributed by atoms with Crippen molar-refractivity contribution in [2.24, 2.45) is 0 Å². The predicted octanol–water partition coefficient (Wildman–Crippen LogP) is 2.46. The van der Waals surface area contributed by atoms with Crippen LogP contribution in [0.3, 0.4) is 0 Å². The lowest BCUT2D eigenvalue weighted by Crippen LogP contribution is -2.42. The van der Waals surface area contributed by atoms with Crippen LogP contribution in [0.4, 0.5) is 30.2 Å². The number of nitrogen functional groups attached to an aromatic ring is 1. The summed E-state index contributed by atoms with van der Waals surface area (Å²) < 4.78 is 39.4. The predicted molar refractivity (Wildman–Crippen MR) is 136 cm³/mol. The van der Waals surface area contributed by atoms with Crippen LogP contribution in [0.15, 0.2) is 40.9 Å². The van der Waals surface area contributed by atoms with Gasteiger partial charge in [0.2, 0.25) is 5.82 Å². The molecule has 0 aliphatic rings. The number of amides is 3. The zero-order chi connectivity index (χ0) is 28.1. The fourth-order valence-corrected chi connectivity index (χ4v) is 4.01. The van der Waals surface area contributed by atoms with Crippen LogP contribution < -0.4 is 26.4 Å². The average Bonchev–Trinajstić information content (AvgIpc) is 3.55. The van der Waals surface area contributed by atoms with Gasteiger partial charge in [-0.05, 0) is 24.3 Å². The molecule has 0 saturated carbocycles. The minimum atomic E-state index is -1.03. The summed E-state index contributed by atoms with van der Waals surface area (Å²) in [5.41, 5.74) is 5.48. The van der Waals surface area contributed by atoms with Gasteiger partial charge >= 0.3 is 6.03 Å². The minimum Gasteiger partial charge on any atom is -0.497 e. The number of rotatable bonds is 9. The van der Waals surface area contributed by atoms with Crippen molar-refractivity contribution < 1.29 is 37.8 Å². The molecule has 0 aliphatic heterocycles. The number of ether oxygens (including phenoxy) is 1. The van der Waals surface area contributed by atoms with Gasteiger partial charge in [0.05, 0.1) is 37.6 Å². The van der Waals surface area contributed by atoms with Gasteiger partial charge in [-0.1, -0.05) is 22.6 Å². The van der Waals surface area contributed by atoms with E-state index in [1.54, 1.807) is 12.1 Å². The number of thiazole rings is 1. The molecule has 16 heteroatoms. The first-order chi connectivity index (χ1) is 18.7. The molecule has 0 bridgehead atoms. The van der Waals surface area contributed by atoms with Crippen LogP contribution >= 0.6 is 11.3 Å². The average molecular weight is 562 g/mol. The highest BCUT2D eigenvalue weighted by atomic mass is 32.1. The number of benzene rings is 2. The van der Waals surface area contributed by atoms with Gasteiger partial charge in [0.15, 0.2) is 5.13 Å². The van der Waals surface area contributed by atoms with Crippen LogP contribution in [0, 0.1) is 11.6 Å². The quantitative estimate of drug-likeness (QED) is 0.176. The Balaban J connectivity index is 1.55. The van der Waals surface area contributed by atoms with Gasteiger partial charge in [0.1, 0.15) is 28.1 Å². The molecule has 13 nitrogen and oxygen atoms in total. The third kappa shape index (κ3) is 6.25. The van der Waals surface area contributed by atoms with E-state index in [2.05, 4.69) is 31.1 Å². The van der Waals surface area contributed by atoms with Gasteiger partial charge in [0.25, 0.3) is 11.8 Å². The van der Waals surface area contributed by atoms with Crippen molar-refractivity contribution in [3.05, 3.63) is 53.6 Å². The van der Waals surface area contributed by atoms with Crippen molar-refractivity contribution in [3.8, 4) is 27.9 Å². The smallest absolute Gasteiger partial charge is 0.321 e. The summed E-state index contributed by atoms with van der Waals surface area (Å²) in [6, 6.07) is 6.11. The van der Waals surface area contributed by atoms with E-state index in [1.165, 1.54) is 19.2 Å². The molecule has 39 heavy (non-hydrogen) atoms. The van der Waals surface area contributed by atoms with Crippen LogP contribution in [-0.2, 0) is 0 Å². The molecular weight excluding hydrogens is 540 g/mol. The van der Waals surface area contributed by atoms with Gasteiger partial charge in [-0.15, -0.1) is 0 Å². The fraction of sp³-hybridized carbons (Fsp3) is 0.174. The molecule has 4 rings (SSSR count). The number of carbonyl (C=O) groups is 2. The molecule has 4 aromatic rings. The molecule has 2 heterocycles. The van der Waals surface area contributed by atoms with Gasteiger partial charge in [-0.25, -0.2) is 18.6 Å². The van der Waals surface area contributed by atoms with Crippen LogP contribution in [0.2, 0.25) is 0 Å². The maximum atomic E-state index is 14.7. The van der Waals surface area contributed by atoms with Gasteiger partial charge in [-0.2, -0.15) is 4.98 Å². The van der Waals surface area contributed by atoms with E-state index in [0.29, 0.717) is 11.8 Å². The first-order valence-electron chi connectivity index (χ1n) is 11.1. The third-order valence-corrected chi connectivity index (χ3v) is 6.12. The number of hydrogen-bond acceptors (Lipinski definition) is 11. The molecule has 7 N–H and O–H groups in total.